The van der Waals surface area contributed by atoms with E-state index in [-0.39, 0.29) is 17.4 Å². The summed E-state index contributed by atoms with van der Waals surface area (Å²) < 4.78 is 59.3. The van der Waals surface area contributed by atoms with E-state index < -0.39 is 37.3 Å². The van der Waals surface area contributed by atoms with E-state index in [1.54, 1.807) is 6.07 Å². The molecule has 4 heterocycles. The number of aromatic nitrogens is 3. The zero-order chi connectivity index (χ0) is 30.1. The maximum atomic E-state index is 13.8. The van der Waals surface area contributed by atoms with Crippen molar-refractivity contribution in [1.29, 1.82) is 0 Å². The number of piperazine rings is 1. The number of sulfone groups is 1. The number of likely N-dealkylation sites (N-methyl/N-ethyl adjacent to an activating group) is 1. The maximum Gasteiger partial charge on any atom is 0.259 e. The normalized spacial score (nSPS) is 16.9. The molecule has 1 amide bonds. The van der Waals surface area contributed by atoms with Crippen molar-refractivity contribution < 1.29 is 26.7 Å². The van der Waals surface area contributed by atoms with Crippen molar-refractivity contribution in [3.63, 3.8) is 0 Å². The van der Waals surface area contributed by atoms with Gasteiger partial charge in [-0.1, -0.05) is 0 Å². The Kier molecular flexibility index (Phi) is 7.99. The van der Waals surface area contributed by atoms with Gasteiger partial charge in [-0.3, -0.25) is 9.89 Å². The molecule has 0 bridgehead atoms. The van der Waals surface area contributed by atoms with Gasteiger partial charge in [0.25, 0.3) is 5.91 Å². The lowest BCUT2D eigenvalue weighted by Crippen LogP contribution is -2.44. The number of anilines is 3. The van der Waals surface area contributed by atoms with Crippen molar-refractivity contribution in [2.24, 2.45) is 0 Å². The highest BCUT2D eigenvalue weighted by Crippen LogP contribution is 2.29. The van der Waals surface area contributed by atoms with Crippen LogP contribution in [0.15, 0.2) is 58.5 Å². The lowest BCUT2D eigenvalue weighted by molar-refractivity contribution is 0.0904. The van der Waals surface area contributed by atoms with Crippen LogP contribution in [0.1, 0.15) is 23.2 Å². The smallest absolute Gasteiger partial charge is 0.259 e. The summed E-state index contributed by atoms with van der Waals surface area (Å²) in [5.74, 6) is -2.50. The van der Waals surface area contributed by atoms with Crippen LogP contribution in [0.5, 0.6) is 0 Å². The summed E-state index contributed by atoms with van der Waals surface area (Å²) in [4.78, 5) is 21.8. The van der Waals surface area contributed by atoms with Gasteiger partial charge in [-0.2, -0.15) is 5.10 Å². The van der Waals surface area contributed by atoms with Gasteiger partial charge in [-0.15, -0.1) is 0 Å². The molecule has 0 radical (unpaired) electrons. The van der Waals surface area contributed by atoms with E-state index in [0.29, 0.717) is 36.0 Å². The first-order valence-corrected chi connectivity index (χ1v) is 15.5. The fraction of sp³-hybridized carbons (Fsp3) is 0.345. The summed E-state index contributed by atoms with van der Waals surface area (Å²) in [7, 11) is -2.27. The van der Waals surface area contributed by atoms with E-state index in [9.17, 15) is 22.0 Å². The molecule has 226 valence electrons. The molecule has 14 heteroatoms. The highest BCUT2D eigenvalue weighted by atomic mass is 32.2. The summed E-state index contributed by atoms with van der Waals surface area (Å²) in [5, 5.41) is 12.7. The summed E-state index contributed by atoms with van der Waals surface area (Å²) in [5.41, 5.74) is 2.52. The highest BCUT2D eigenvalue weighted by Gasteiger charge is 2.25. The lowest BCUT2D eigenvalue weighted by atomic mass is 10.1. The average Bonchev–Trinajstić information content (AvgIpc) is 3.39. The number of hydrogen-bond donors (Lipinski definition) is 3. The number of amides is 1. The van der Waals surface area contributed by atoms with Crippen LogP contribution in [-0.2, 0) is 14.6 Å². The second-order valence-corrected chi connectivity index (χ2v) is 12.6. The lowest BCUT2D eigenvalue weighted by Gasteiger charge is -2.34. The van der Waals surface area contributed by atoms with Crippen LogP contribution in [0.3, 0.4) is 0 Å². The van der Waals surface area contributed by atoms with Crippen molar-refractivity contribution in [2.45, 2.75) is 28.8 Å². The molecule has 11 nitrogen and oxygen atoms in total. The minimum atomic E-state index is -4.37. The SMILES string of the molecule is CN1CCN(c2ccc(C(=O)Nc3n[nH]c4ccc(S(=O)(=O)c5cc(F)cc(F)c5)nc34)c(NC3CCOCC3)c2)CC1. The zero-order valence-electron chi connectivity index (χ0n) is 23.4. The number of carbonyl (C=O) groups is 1. The fourth-order valence-corrected chi connectivity index (χ4v) is 6.51. The molecule has 0 saturated carbocycles. The molecule has 2 fully saturated rings. The van der Waals surface area contributed by atoms with Crippen LogP contribution >= 0.6 is 0 Å². The minimum absolute atomic E-state index is 0.0163. The first kappa shape index (κ1) is 29.0. The van der Waals surface area contributed by atoms with Crippen molar-refractivity contribution in [3.8, 4) is 0 Å². The Morgan fingerprint density at radius 2 is 1.72 bits per heavy atom. The maximum absolute atomic E-state index is 13.8. The van der Waals surface area contributed by atoms with Gasteiger partial charge in [0, 0.05) is 62.9 Å². The van der Waals surface area contributed by atoms with Crippen LogP contribution in [0.2, 0.25) is 0 Å². The third-order valence-corrected chi connectivity index (χ3v) is 9.37. The third-order valence-electron chi connectivity index (χ3n) is 7.73. The van der Waals surface area contributed by atoms with Crippen molar-refractivity contribution in [3.05, 3.63) is 65.7 Å². The molecule has 2 aromatic heterocycles. The second-order valence-electron chi connectivity index (χ2n) is 10.7. The number of ether oxygens (including phenoxy) is 1. The van der Waals surface area contributed by atoms with Gasteiger partial charge in [-0.25, -0.2) is 22.2 Å². The Balaban J connectivity index is 1.30. The molecule has 2 aliphatic rings. The monoisotopic (exact) mass is 611 g/mol. The summed E-state index contributed by atoms with van der Waals surface area (Å²) >= 11 is 0. The molecule has 0 atom stereocenters. The molecule has 0 aliphatic carbocycles. The Bertz CT molecular complexity index is 1750. The highest BCUT2D eigenvalue weighted by molar-refractivity contribution is 7.91. The van der Waals surface area contributed by atoms with E-state index in [1.165, 1.54) is 12.1 Å². The first-order valence-electron chi connectivity index (χ1n) is 14.0. The Morgan fingerprint density at radius 3 is 2.44 bits per heavy atom. The molecular formula is C29H31F2N7O4S. The van der Waals surface area contributed by atoms with Gasteiger partial charge in [0.05, 0.1) is 16.0 Å². The quantitative estimate of drug-likeness (QED) is 0.286. The molecule has 43 heavy (non-hydrogen) atoms. The van der Waals surface area contributed by atoms with Gasteiger partial charge < -0.3 is 25.2 Å². The van der Waals surface area contributed by atoms with Gasteiger partial charge in [0.15, 0.2) is 10.8 Å². The summed E-state index contributed by atoms with van der Waals surface area (Å²) in [6, 6.07) is 10.5. The van der Waals surface area contributed by atoms with Crippen molar-refractivity contribution in [1.82, 2.24) is 20.1 Å². The van der Waals surface area contributed by atoms with Crippen LogP contribution in [0.4, 0.5) is 26.0 Å². The van der Waals surface area contributed by atoms with E-state index in [0.717, 1.165) is 56.8 Å². The molecule has 0 unspecified atom stereocenters. The van der Waals surface area contributed by atoms with Crippen molar-refractivity contribution >= 4 is 44.0 Å². The minimum Gasteiger partial charge on any atom is -0.381 e. The fourth-order valence-electron chi connectivity index (χ4n) is 5.27. The molecular weight excluding hydrogens is 580 g/mol. The Morgan fingerprint density at radius 1 is 1.00 bits per heavy atom. The molecule has 2 aromatic carbocycles. The molecule has 2 saturated heterocycles. The Labute approximate surface area is 247 Å². The predicted molar refractivity (Wildman–Crippen MR) is 157 cm³/mol. The number of nitrogens with zero attached hydrogens (tertiary/aromatic N) is 4. The van der Waals surface area contributed by atoms with E-state index in [4.69, 9.17) is 4.74 Å². The number of carbonyl (C=O) groups excluding carboxylic acids is 1. The van der Waals surface area contributed by atoms with Gasteiger partial charge in [0.1, 0.15) is 17.2 Å². The van der Waals surface area contributed by atoms with Crippen LogP contribution < -0.4 is 15.5 Å². The molecule has 2 aliphatic heterocycles. The second kappa shape index (κ2) is 11.9. The topological polar surface area (TPSA) is 133 Å². The van der Waals surface area contributed by atoms with E-state index in [2.05, 4.69) is 42.7 Å². The van der Waals surface area contributed by atoms with Crippen molar-refractivity contribution in [2.75, 3.05) is 62.0 Å². The molecule has 0 spiro atoms. The van der Waals surface area contributed by atoms with Crippen LogP contribution in [-0.4, -0.2) is 86.9 Å². The molecule has 4 aromatic rings. The number of aromatic amines is 1. The van der Waals surface area contributed by atoms with Gasteiger partial charge in [0.2, 0.25) is 9.84 Å². The Hall–Kier alpha value is -4.14. The number of H-pyrrole nitrogens is 1. The number of pyridine rings is 1. The largest absolute Gasteiger partial charge is 0.381 e. The number of hydrogen-bond acceptors (Lipinski definition) is 9. The molecule has 6 rings (SSSR count). The zero-order valence-corrected chi connectivity index (χ0v) is 24.3. The number of benzene rings is 2. The standard InChI is InChI=1S/C29H31F2N7O4S/c1-37-8-10-38(11-9-37)21-2-3-23(25(17-21)32-20-6-12-42-13-7-20)29(39)34-28-27-24(35-36-28)4-5-26(33-27)43(40,41)22-15-18(30)14-19(31)16-22/h2-5,14-17,20,32H,6-13H2,1H3,(H2,34,35,36,39). The summed E-state index contributed by atoms with van der Waals surface area (Å²) in [6.07, 6.45) is 1.61. The van der Waals surface area contributed by atoms with Gasteiger partial charge in [-0.05, 0) is 62.4 Å². The predicted octanol–water partition coefficient (Wildman–Crippen LogP) is 3.66. The third kappa shape index (κ3) is 6.17. The van der Waals surface area contributed by atoms with E-state index in [1.807, 2.05) is 12.1 Å². The number of nitrogens with one attached hydrogen (secondary N) is 3. The first-order chi connectivity index (χ1) is 20.7. The number of rotatable bonds is 7. The van der Waals surface area contributed by atoms with Crippen LogP contribution in [0, 0.1) is 11.6 Å². The summed E-state index contributed by atoms with van der Waals surface area (Å²) in [6.45, 7) is 4.89. The number of fused-ring (bicyclic) bond motifs is 1. The number of halogens is 2. The average molecular weight is 612 g/mol. The van der Waals surface area contributed by atoms with E-state index >= 15 is 0 Å². The molecule has 3 N–H and O–H groups in total. The van der Waals surface area contributed by atoms with Crippen LogP contribution in [0.25, 0.3) is 11.0 Å². The van der Waals surface area contributed by atoms with Gasteiger partial charge >= 0.3 is 0 Å².